The number of anilines is 1. The lowest BCUT2D eigenvalue weighted by atomic mass is 10.1. The molecule has 0 atom stereocenters. The summed E-state index contributed by atoms with van der Waals surface area (Å²) in [7, 11) is 0. The van der Waals surface area contributed by atoms with E-state index in [0.717, 1.165) is 29.1 Å². The van der Waals surface area contributed by atoms with E-state index >= 15 is 0 Å². The van der Waals surface area contributed by atoms with Crippen molar-refractivity contribution in [1.29, 1.82) is 0 Å². The summed E-state index contributed by atoms with van der Waals surface area (Å²) in [6.07, 6.45) is 1.85. The van der Waals surface area contributed by atoms with Crippen LogP contribution in [0.25, 0.3) is 5.69 Å². The number of aryl methyl sites for hydroxylation is 4. The molecule has 1 amide bonds. The summed E-state index contributed by atoms with van der Waals surface area (Å²) in [5, 5.41) is 20.9. The maximum absolute atomic E-state index is 12.5. The minimum absolute atomic E-state index is 0.284. The second kappa shape index (κ2) is 7.10. The van der Waals surface area contributed by atoms with Gasteiger partial charge in [0, 0.05) is 6.42 Å². The average molecular weight is 356 g/mol. The molecule has 3 rings (SSSR count). The molecule has 0 aliphatic rings. The Balaban J connectivity index is 1.82. The van der Waals surface area contributed by atoms with Crippen molar-refractivity contribution in [3.63, 3.8) is 0 Å². The van der Waals surface area contributed by atoms with Gasteiger partial charge in [-0.3, -0.25) is 10.1 Å². The first-order valence-electron chi connectivity index (χ1n) is 8.13. The molecule has 7 nitrogen and oxygen atoms in total. The summed E-state index contributed by atoms with van der Waals surface area (Å²) in [4.78, 5) is 14.0. The molecular weight excluding hydrogens is 336 g/mol. The first kappa shape index (κ1) is 17.2. The van der Waals surface area contributed by atoms with Crippen molar-refractivity contribution >= 4 is 22.4 Å². The van der Waals surface area contributed by atoms with Crippen LogP contribution in [0.2, 0.25) is 0 Å². The number of carbonyl (C=O) groups excluding carboxylic acids is 1. The number of hydrogen-bond acceptors (Lipinski definition) is 6. The van der Waals surface area contributed by atoms with Crippen LogP contribution in [0.1, 0.15) is 45.7 Å². The lowest BCUT2D eigenvalue weighted by Gasteiger charge is -2.04. The predicted molar refractivity (Wildman–Crippen MR) is 97.4 cm³/mol. The van der Waals surface area contributed by atoms with Crippen LogP contribution < -0.4 is 5.32 Å². The molecule has 0 fully saturated rings. The summed E-state index contributed by atoms with van der Waals surface area (Å²) in [5.74, 6) is -0.326. The minimum atomic E-state index is -0.326. The number of amides is 1. The zero-order valence-corrected chi connectivity index (χ0v) is 15.5. The van der Waals surface area contributed by atoms with Crippen molar-refractivity contribution in [2.24, 2.45) is 0 Å². The van der Waals surface area contributed by atoms with E-state index in [1.165, 1.54) is 21.7 Å². The highest BCUT2D eigenvalue weighted by molar-refractivity contribution is 7.15. The highest BCUT2D eigenvalue weighted by Crippen LogP contribution is 2.19. The second-order valence-corrected chi connectivity index (χ2v) is 6.98. The van der Waals surface area contributed by atoms with Crippen LogP contribution in [-0.2, 0) is 6.42 Å². The van der Waals surface area contributed by atoms with Crippen LogP contribution in [-0.4, -0.2) is 31.1 Å². The van der Waals surface area contributed by atoms with Gasteiger partial charge in [-0.2, -0.15) is 9.90 Å². The van der Waals surface area contributed by atoms with Gasteiger partial charge in [-0.25, -0.2) is 0 Å². The molecule has 1 aromatic carbocycles. The van der Waals surface area contributed by atoms with E-state index in [1.54, 1.807) is 6.92 Å². The summed E-state index contributed by atoms with van der Waals surface area (Å²) >= 11 is 1.38. The van der Waals surface area contributed by atoms with Gasteiger partial charge >= 0.3 is 0 Å². The number of carbonyl (C=O) groups is 1. The van der Waals surface area contributed by atoms with Gasteiger partial charge in [0.15, 0.2) is 5.69 Å². The Morgan fingerprint density at radius 2 is 2.00 bits per heavy atom. The fourth-order valence-corrected chi connectivity index (χ4v) is 3.34. The third-order valence-corrected chi connectivity index (χ3v) is 4.61. The van der Waals surface area contributed by atoms with Crippen LogP contribution in [0.5, 0.6) is 0 Å². The van der Waals surface area contributed by atoms with E-state index in [0.29, 0.717) is 10.8 Å². The molecule has 2 heterocycles. The van der Waals surface area contributed by atoms with Gasteiger partial charge in [-0.05, 0) is 38.8 Å². The van der Waals surface area contributed by atoms with Crippen molar-refractivity contribution in [2.75, 3.05) is 5.32 Å². The lowest BCUT2D eigenvalue weighted by molar-refractivity contribution is 0.102. The first-order valence-corrected chi connectivity index (χ1v) is 8.95. The third-order valence-electron chi connectivity index (χ3n) is 3.72. The standard InChI is InChI=1S/C17H20N6OS/c1-5-6-14-19-20-17(25-14)18-16(24)15-12(4)21-23(22-15)13-8-7-10(2)9-11(13)3/h7-9H,5-6H2,1-4H3,(H,18,20,24). The summed E-state index contributed by atoms with van der Waals surface area (Å²) in [6.45, 7) is 7.88. The number of nitrogens with zero attached hydrogens (tertiary/aromatic N) is 5. The number of hydrogen-bond donors (Lipinski definition) is 1. The van der Waals surface area contributed by atoms with E-state index in [4.69, 9.17) is 0 Å². The molecule has 0 radical (unpaired) electrons. The van der Waals surface area contributed by atoms with E-state index in [2.05, 4.69) is 38.7 Å². The van der Waals surface area contributed by atoms with Gasteiger partial charge in [0.2, 0.25) is 5.13 Å². The van der Waals surface area contributed by atoms with Gasteiger partial charge in [0.25, 0.3) is 5.91 Å². The quantitative estimate of drug-likeness (QED) is 0.758. The van der Waals surface area contributed by atoms with Gasteiger partial charge in [-0.1, -0.05) is 36.0 Å². The van der Waals surface area contributed by atoms with E-state index < -0.39 is 0 Å². The maximum Gasteiger partial charge on any atom is 0.279 e. The predicted octanol–water partition coefficient (Wildman–Crippen LogP) is 3.25. The molecule has 1 N–H and O–H groups in total. The van der Waals surface area contributed by atoms with Crippen LogP contribution in [0.4, 0.5) is 5.13 Å². The topological polar surface area (TPSA) is 85.6 Å². The molecule has 0 bridgehead atoms. The molecule has 0 aliphatic carbocycles. The molecular formula is C17H20N6OS. The fraction of sp³-hybridized carbons (Fsp3) is 0.353. The molecule has 130 valence electrons. The summed E-state index contributed by atoms with van der Waals surface area (Å²) in [6, 6.07) is 6.01. The molecule has 0 unspecified atom stereocenters. The van der Waals surface area contributed by atoms with E-state index in [1.807, 2.05) is 26.0 Å². The zero-order chi connectivity index (χ0) is 18.0. The molecule has 3 aromatic rings. The number of rotatable bonds is 5. The normalized spacial score (nSPS) is 10.9. The van der Waals surface area contributed by atoms with Gasteiger partial charge < -0.3 is 0 Å². The van der Waals surface area contributed by atoms with Crippen molar-refractivity contribution < 1.29 is 4.79 Å². The van der Waals surface area contributed by atoms with Crippen LogP contribution >= 0.6 is 11.3 Å². The Morgan fingerprint density at radius 1 is 1.20 bits per heavy atom. The Bertz CT molecular complexity index is 914. The summed E-state index contributed by atoms with van der Waals surface area (Å²) < 4.78 is 0. The molecule has 2 aromatic heterocycles. The van der Waals surface area contributed by atoms with Gasteiger partial charge in [-0.15, -0.1) is 15.3 Å². The monoisotopic (exact) mass is 356 g/mol. The molecule has 0 saturated heterocycles. The van der Waals surface area contributed by atoms with E-state index in [-0.39, 0.29) is 11.6 Å². The van der Waals surface area contributed by atoms with Crippen molar-refractivity contribution in [2.45, 2.75) is 40.5 Å². The minimum Gasteiger partial charge on any atom is -0.295 e. The zero-order valence-electron chi connectivity index (χ0n) is 14.7. The average Bonchev–Trinajstić information content (AvgIpc) is 3.14. The smallest absolute Gasteiger partial charge is 0.279 e. The van der Waals surface area contributed by atoms with E-state index in [9.17, 15) is 4.79 Å². The molecule has 8 heteroatoms. The molecule has 25 heavy (non-hydrogen) atoms. The highest BCUT2D eigenvalue weighted by Gasteiger charge is 2.18. The van der Waals surface area contributed by atoms with Crippen LogP contribution in [0, 0.1) is 20.8 Å². The molecule has 0 spiro atoms. The number of nitrogens with one attached hydrogen (secondary N) is 1. The Labute approximate surface area is 150 Å². The van der Waals surface area contributed by atoms with Crippen molar-refractivity contribution in [1.82, 2.24) is 25.2 Å². The molecule has 0 aliphatic heterocycles. The van der Waals surface area contributed by atoms with Crippen LogP contribution in [0.15, 0.2) is 18.2 Å². The number of benzene rings is 1. The second-order valence-electron chi connectivity index (χ2n) is 5.92. The maximum atomic E-state index is 12.5. The fourth-order valence-electron chi connectivity index (χ4n) is 2.50. The summed E-state index contributed by atoms with van der Waals surface area (Å²) in [5.41, 5.74) is 3.93. The van der Waals surface area contributed by atoms with Crippen molar-refractivity contribution in [3.05, 3.63) is 45.7 Å². The molecule has 0 saturated carbocycles. The lowest BCUT2D eigenvalue weighted by Crippen LogP contribution is -2.14. The largest absolute Gasteiger partial charge is 0.295 e. The third kappa shape index (κ3) is 3.74. The van der Waals surface area contributed by atoms with Crippen LogP contribution in [0.3, 0.4) is 0 Å². The van der Waals surface area contributed by atoms with Crippen molar-refractivity contribution in [3.8, 4) is 5.69 Å². The van der Waals surface area contributed by atoms with Gasteiger partial charge in [0.1, 0.15) is 5.01 Å². The SMILES string of the molecule is CCCc1nnc(NC(=O)c2nn(-c3ccc(C)cc3C)nc2C)s1. The van der Waals surface area contributed by atoms with Gasteiger partial charge in [0.05, 0.1) is 11.4 Å². The first-order chi connectivity index (χ1) is 12.0. The Morgan fingerprint density at radius 3 is 2.72 bits per heavy atom. The Kier molecular flexibility index (Phi) is 4.89. The number of aromatic nitrogens is 5. The highest BCUT2D eigenvalue weighted by atomic mass is 32.1. The Hall–Kier alpha value is -2.61.